The van der Waals surface area contributed by atoms with E-state index in [2.05, 4.69) is 11.1 Å². The van der Waals surface area contributed by atoms with E-state index >= 15 is 0 Å². The van der Waals surface area contributed by atoms with Gasteiger partial charge in [0.2, 0.25) is 0 Å². The molecular weight excluding hydrogens is 224 g/mol. The summed E-state index contributed by atoms with van der Waals surface area (Å²) >= 11 is 0. The molecule has 1 atom stereocenters. The molecule has 2 aromatic rings. The summed E-state index contributed by atoms with van der Waals surface area (Å²) in [6.45, 7) is 1.28. The predicted octanol–water partition coefficient (Wildman–Crippen LogP) is 2.59. The van der Waals surface area contributed by atoms with Gasteiger partial charge in [0.25, 0.3) is 0 Å². The van der Waals surface area contributed by atoms with Gasteiger partial charge in [0.05, 0.1) is 6.61 Å². The zero-order valence-electron chi connectivity index (χ0n) is 10.3. The highest BCUT2D eigenvalue weighted by atomic mass is 16.5. The number of aromatic nitrogens is 1. The smallest absolute Gasteiger partial charge is 0.119 e. The molecular formula is C15H18N2O. The fourth-order valence-corrected chi connectivity index (χ4v) is 1.88. The average molecular weight is 242 g/mol. The van der Waals surface area contributed by atoms with Crippen molar-refractivity contribution in [2.24, 2.45) is 5.73 Å². The van der Waals surface area contributed by atoms with Crippen molar-refractivity contribution in [1.29, 1.82) is 0 Å². The highest BCUT2D eigenvalue weighted by molar-refractivity contribution is 5.22. The summed E-state index contributed by atoms with van der Waals surface area (Å²) in [5.41, 5.74) is 6.84. The molecule has 0 fully saturated rings. The summed E-state index contributed by atoms with van der Waals surface area (Å²) < 4.78 is 5.79. The van der Waals surface area contributed by atoms with Crippen molar-refractivity contribution in [3.05, 3.63) is 60.4 Å². The molecule has 0 bridgehead atoms. The second kappa shape index (κ2) is 6.77. The van der Waals surface area contributed by atoms with Crippen molar-refractivity contribution in [3.8, 4) is 5.75 Å². The third kappa shape index (κ3) is 3.57. The SMILES string of the molecule is NCCC(COc1ccccc1)c1cccnc1. The highest BCUT2D eigenvalue weighted by Gasteiger charge is 2.11. The zero-order valence-corrected chi connectivity index (χ0v) is 10.3. The normalized spacial score (nSPS) is 12.1. The maximum absolute atomic E-state index is 5.79. The molecule has 0 aliphatic carbocycles. The molecule has 1 unspecified atom stereocenters. The van der Waals surface area contributed by atoms with E-state index < -0.39 is 0 Å². The van der Waals surface area contributed by atoms with Gasteiger partial charge in [0, 0.05) is 18.3 Å². The van der Waals surface area contributed by atoms with Crippen molar-refractivity contribution >= 4 is 0 Å². The number of rotatable bonds is 6. The lowest BCUT2D eigenvalue weighted by atomic mass is 9.98. The Hall–Kier alpha value is -1.87. The third-order valence-corrected chi connectivity index (χ3v) is 2.87. The molecule has 1 aromatic heterocycles. The van der Waals surface area contributed by atoms with Gasteiger partial charge in [0.1, 0.15) is 5.75 Å². The van der Waals surface area contributed by atoms with Crippen molar-refractivity contribution in [2.45, 2.75) is 12.3 Å². The van der Waals surface area contributed by atoms with Gasteiger partial charge in [0.15, 0.2) is 0 Å². The van der Waals surface area contributed by atoms with Crippen LogP contribution in [0.2, 0.25) is 0 Å². The van der Waals surface area contributed by atoms with Crippen LogP contribution >= 0.6 is 0 Å². The van der Waals surface area contributed by atoms with Crippen molar-refractivity contribution in [1.82, 2.24) is 4.98 Å². The molecule has 0 aliphatic heterocycles. The van der Waals surface area contributed by atoms with Crippen LogP contribution in [0.5, 0.6) is 5.75 Å². The Morgan fingerprint density at radius 1 is 1.11 bits per heavy atom. The van der Waals surface area contributed by atoms with E-state index in [0.717, 1.165) is 12.2 Å². The van der Waals surface area contributed by atoms with E-state index in [4.69, 9.17) is 10.5 Å². The van der Waals surface area contributed by atoms with Gasteiger partial charge >= 0.3 is 0 Å². The van der Waals surface area contributed by atoms with Gasteiger partial charge in [-0.1, -0.05) is 24.3 Å². The maximum atomic E-state index is 5.79. The Morgan fingerprint density at radius 3 is 2.61 bits per heavy atom. The zero-order chi connectivity index (χ0) is 12.6. The van der Waals surface area contributed by atoms with Crippen molar-refractivity contribution in [2.75, 3.05) is 13.2 Å². The standard InChI is InChI=1S/C15H18N2O/c16-9-8-14(13-5-4-10-17-11-13)12-18-15-6-2-1-3-7-15/h1-7,10-11,14H,8-9,12,16H2. The Morgan fingerprint density at radius 2 is 1.94 bits per heavy atom. The molecule has 0 radical (unpaired) electrons. The summed E-state index contributed by atoms with van der Waals surface area (Å²) in [6.07, 6.45) is 4.56. The average Bonchev–Trinajstić information content (AvgIpc) is 2.45. The number of ether oxygens (including phenoxy) is 1. The van der Waals surface area contributed by atoms with Gasteiger partial charge in [-0.15, -0.1) is 0 Å². The molecule has 3 heteroatoms. The molecule has 3 nitrogen and oxygen atoms in total. The topological polar surface area (TPSA) is 48.1 Å². The summed E-state index contributed by atoms with van der Waals surface area (Å²) in [7, 11) is 0. The van der Waals surface area contributed by atoms with Crippen LogP contribution < -0.4 is 10.5 Å². The van der Waals surface area contributed by atoms with Gasteiger partial charge < -0.3 is 10.5 Å². The van der Waals surface area contributed by atoms with Crippen LogP contribution in [-0.2, 0) is 0 Å². The van der Waals surface area contributed by atoms with Crippen LogP contribution in [0.4, 0.5) is 0 Å². The van der Waals surface area contributed by atoms with Crippen LogP contribution in [0.3, 0.4) is 0 Å². The van der Waals surface area contributed by atoms with Crippen LogP contribution in [0.25, 0.3) is 0 Å². The molecule has 0 saturated carbocycles. The van der Waals surface area contributed by atoms with Crippen LogP contribution in [-0.4, -0.2) is 18.1 Å². The number of benzene rings is 1. The first-order valence-electron chi connectivity index (χ1n) is 6.18. The fraction of sp³-hybridized carbons (Fsp3) is 0.267. The van der Waals surface area contributed by atoms with E-state index in [-0.39, 0.29) is 0 Å². The van der Waals surface area contributed by atoms with Gasteiger partial charge in [-0.3, -0.25) is 4.98 Å². The molecule has 0 amide bonds. The van der Waals surface area contributed by atoms with E-state index in [1.165, 1.54) is 5.56 Å². The van der Waals surface area contributed by atoms with Crippen LogP contribution in [0.15, 0.2) is 54.9 Å². The summed E-state index contributed by atoms with van der Waals surface area (Å²) in [4.78, 5) is 4.15. The number of pyridine rings is 1. The monoisotopic (exact) mass is 242 g/mol. The second-order valence-corrected chi connectivity index (χ2v) is 4.18. The Bertz CT molecular complexity index is 445. The molecule has 1 aromatic carbocycles. The number of hydrogen-bond donors (Lipinski definition) is 1. The fourth-order valence-electron chi connectivity index (χ4n) is 1.88. The lowest BCUT2D eigenvalue weighted by Crippen LogP contribution is -2.15. The molecule has 2 rings (SSSR count). The molecule has 1 heterocycles. The van der Waals surface area contributed by atoms with Crippen molar-refractivity contribution in [3.63, 3.8) is 0 Å². The van der Waals surface area contributed by atoms with Gasteiger partial charge in [-0.25, -0.2) is 0 Å². The first-order valence-corrected chi connectivity index (χ1v) is 6.18. The number of nitrogens with two attached hydrogens (primary N) is 1. The molecule has 94 valence electrons. The Kier molecular flexibility index (Phi) is 4.73. The van der Waals surface area contributed by atoms with E-state index in [1.807, 2.05) is 42.6 Å². The molecule has 0 saturated heterocycles. The summed E-state index contributed by atoms with van der Waals surface area (Å²) in [5, 5.41) is 0. The molecule has 18 heavy (non-hydrogen) atoms. The first kappa shape index (κ1) is 12.6. The summed E-state index contributed by atoms with van der Waals surface area (Å²) in [6, 6.07) is 13.9. The summed E-state index contributed by atoms with van der Waals surface area (Å²) in [5.74, 6) is 1.19. The minimum absolute atomic E-state index is 0.295. The Balaban J connectivity index is 1.99. The molecule has 2 N–H and O–H groups in total. The lowest BCUT2D eigenvalue weighted by molar-refractivity contribution is 0.282. The molecule has 0 aliphatic rings. The van der Waals surface area contributed by atoms with E-state index in [0.29, 0.717) is 19.1 Å². The lowest BCUT2D eigenvalue weighted by Gasteiger charge is -2.17. The molecule has 0 spiro atoms. The van der Waals surface area contributed by atoms with Gasteiger partial charge in [-0.2, -0.15) is 0 Å². The minimum atomic E-state index is 0.295. The van der Waals surface area contributed by atoms with Crippen molar-refractivity contribution < 1.29 is 4.74 Å². The second-order valence-electron chi connectivity index (χ2n) is 4.18. The quantitative estimate of drug-likeness (QED) is 0.847. The first-order chi connectivity index (χ1) is 8.90. The van der Waals surface area contributed by atoms with E-state index in [1.54, 1.807) is 6.20 Å². The third-order valence-electron chi connectivity index (χ3n) is 2.87. The number of hydrogen-bond acceptors (Lipinski definition) is 3. The van der Waals surface area contributed by atoms with Crippen LogP contribution in [0, 0.1) is 0 Å². The van der Waals surface area contributed by atoms with Crippen LogP contribution in [0.1, 0.15) is 17.9 Å². The Labute approximate surface area is 108 Å². The van der Waals surface area contributed by atoms with Gasteiger partial charge in [-0.05, 0) is 36.7 Å². The number of para-hydroxylation sites is 1. The predicted molar refractivity (Wildman–Crippen MR) is 72.6 cm³/mol. The minimum Gasteiger partial charge on any atom is -0.493 e. The maximum Gasteiger partial charge on any atom is 0.119 e. The van der Waals surface area contributed by atoms with E-state index in [9.17, 15) is 0 Å². The highest BCUT2D eigenvalue weighted by Crippen LogP contribution is 2.20. The number of nitrogens with zero attached hydrogens (tertiary/aromatic N) is 1. The largest absolute Gasteiger partial charge is 0.493 e.